The van der Waals surface area contributed by atoms with E-state index in [4.69, 9.17) is 0 Å². The summed E-state index contributed by atoms with van der Waals surface area (Å²) in [5.41, 5.74) is 23.4. The summed E-state index contributed by atoms with van der Waals surface area (Å²) in [5.74, 6) is 0. The molecule has 2 atom stereocenters. The second kappa shape index (κ2) is 14.2. The zero-order valence-corrected chi connectivity index (χ0v) is 40.0. The van der Waals surface area contributed by atoms with Crippen molar-refractivity contribution in [2.75, 3.05) is 0 Å². The van der Waals surface area contributed by atoms with Gasteiger partial charge in [-0.15, -0.1) is 0 Å². The van der Waals surface area contributed by atoms with Gasteiger partial charge in [-0.2, -0.15) is 0 Å². The van der Waals surface area contributed by atoms with Gasteiger partial charge in [0.2, 0.25) is 0 Å². The van der Waals surface area contributed by atoms with Gasteiger partial charge in [0.1, 0.15) is 0 Å². The van der Waals surface area contributed by atoms with Crippen LogP contribution in [-0.4, -0.2) is 0 Å². The molecule has 3 aliphatic rings. The number of fused-ring (bicyclic) bond motifs is 6. The van der Waals surface area contributed by atoms with Crippen LogP contribution < -0.4 is 0 Å². The van der Waals surface area contributed by atoms with Crippen LogP contribution in [-0.2, 0) is 43.6 Å². The summed E-state index contributed by atoms with van der Waals surface area (Å²) in [7, 11) is 0. The third-order valence-corrected chi connectivity index (χ3v) is 29.3. The Labute approximate surface area is 353 Å². The summed E-state index contributed by atoms with van der Waals surface area (Å²) in [5, 5.41) is 0. The molecule has 1 aliphatic heterocycles. The number of hydrogen-bond acceptors (Lipinski definition) is 0. The minimum atomic E-state index is -3.40. The molecule has 0 radical (unpaired) electrons. The van der Waals surface area contributed by atoms with Crippen LogP contribution in [0.25, 0.3) is 34.4 Å². The van der Waals surface area contributed by atoms with Gasteiger partial charge >= 0.3 is 356 Å². The fraction of sp³-hybridized carbons (Fsp3) is 0.298. The topological polar surface area (TPSA) is 0 Å². The fourth-order valence-corrected chi connectivity index (χ4v) is 28.4. The van der Waals surface area contributed by atoms with Crippen LogP contribution in [0.4, 0.5) is 0 Å². The van der Waals surface area contributed by atoms with Gasteiger partial charge in [-0.1, -0.05) is 0 Å². The van der Waals surface area contributed by atoms with Gasteiger partial charge < -0.3 is 0 Å². The van der Waals surface area contributed by atoms with Gasteiger partial charge in [-0.3, -0.25) is 0 Å². The van der Waals surface area contributed by atoms with Crippen molar-refractivity contribution in [3.63, 3.8) is 0 Å². The van der Waals surface area contributed by atoms with Crippen LogP contribution in [0.15, 0.2) is 145 Å². The molecule has 6 aromatic rings. The van der Waals surface area contributed by atoms with E-state index >= 15 is 0 Å². The molecule has 2 unspecified atom stereocenters. The van der Waals surface area contributed by atoms with Crippen molar-refractivity contribution in [2.45, 2.75) is 95.8 Å². The number of hydrogen-bond donors (Lipinski definition) is 0. The summed E-state index contributed by atoms with van der Waals surface area (Å²) in [6, 6.07) is 51.9. The summed E-state index contributed by atoms with van der Waals surface area (Å²) in [6.45, 7) is 18.6. The average molecular weight is 924 g/mol. The first-order valence-corrected chi connectivity index (χ1v) is 32.9. The quantitative estimate of drug-likeness (QED) is 0.146. The van der Waals surface area contributed by atoms with E-state index in [-0.39, 0.29) is 16.2 Å². The van der Waals surface area contributed by atoms with Gasteiger partial charge in [0.25, 0.3) is 0 Å². The van der Waals surface area contributed by atoms with Crippen molar-refractivity contribution in [3.05, 3.63) is 200 Å². The van der Waals surface area contributed by atoms with Crippen molar-refractivity contribution < 1.29 is 20.0 Å². The molecule has 292 valence electrons. The van der Waals surface area contributed by atoms with Crippen molar-refractivity contribution in [3.8, 4) is 22.3 Å². The Bertz CT molecular complexity index is 2440. The van der Waals surface area contributed by atoms with E-state index in [0.717, 1.165) is 12.8 Å². The Morgan fingerprint density at radius 3 is 1.22 bits per heavy atom. The number of aryl methyl sites for hydroxylation is 2. The molecule has 0 N–H and O–H groups in total. The summed E-state index contributed by atoms with van der Waals surface area (Å²) >= 11 is -3.40. The Morgan fingerprint density at radius 1 is 0.466 bits per heavy atom. The molecule has 0 bridgehead atoms. The van der Waals surface area contributed by atoms with E-state index in [9.17, 15) is 0 Å². The molecule has 6 aromatic carbocycles. The predicted molar refractivity (Wildman–Crippen MR) is 247 cm³/mol. The van der Waals surface area contributed by atoms with Crippen molar-refractivity contribution in [2.24, 2.45) is 5.41 Å². The molecule has 2 aliphatic carbocycles. The molecule has 1 saturated heterocycles. The zero-order chi connectivity index (χ0) is 40.8. The molecule has 1 fully saturated rings. The first kappa shape index (κ1) is 39.1. The summed E-state index contributed by atoms with van der Waals surface area (Å²) < 4.78 is 6.56. The molecular formula is C57H60Hf. The Kier molecular flexibility index (Phi) is 9.55. The fourth-order valence-electron chi connectivity index (χ4n) is 11.3. The third-order valence-electron chi connectivity index (χ3n) is 14.2. The van der Waals surface area contributed by atoms with Gasteiger partial charge in [0.05, 0.1) is 0 Å². The van der Waals surface area contributed by atoms with Crippen molar-refractivity contribution >= 4 is 12.2 Å². The Balaban J connectivity index is 1.31. The van der Waals surface area contributed by atoms with Crippen LogP contribution in [0.1, 0.15) is 105 Å². The predicted octanol–water partition coefficient (Wildman–Crippen LogP) is 15.5. The molecular weight excluding hydrogens is 863 g/mol. The van der Waals surface area contributed by atoms with Crippen LogP contribution in [0, 0.1) is 19.3 Å². The second-order valence-electron chi connectivity index (χ2n) is 20.5. The Hall–Kier alpha value is -4.33. The summed E-state index contributed by atoms with van der Waals surface area (Å²) in [6.07, 6.45) is 7.44. The molecule has 0 nitrogen and oxygen atoms in total. The minimum absolute atomic E-state index is 0.114. The van der Waals surface area contributed by atoms with E-state index in [2.05, 4.69) is 210 Å². The third kappa shape index (κ3) is 6.43. The second-order valence-corrected chi connectivity index (χ2v) is 37.7. The summed E-state index contributed by atoms with van der Waals surface area (Å²) in [4.78, 5) is 0. The van der Waals surface area contributed by atoms with E-state index < -0.39 is 20.0 Å². The average Bonchev–Trinajstić information content (AvgIpc) is 3.80. The van der Waals surface area contributed by atoms with Crippen LogP contribution >= 0.6 is 0 Å². The molecule has 9 rings (SSSR count). The van der Waals surface area contributed by atoms with Crippen molar-refractivity contribution in [1.29, 1.82) is 0 Å². The van der Waals surface area contributed by atoms with Crippen molar-refractivity contribution in [1.82, 2.24) is 0 Å². The van der Waals surface area contributed by atoms with E-state index in [0.29, 0.717) is 7.35 Å². The normalized spacial score (nSPS) is 18.8. The molecule has 0 saturated carbocycles. The monoisotopic (exact) mass is 924 g/mol. The van der Waals surface area contributed by atoms with E-state index in [1.807, 2.05) is 0 Å². The van der Waals surface area contributed by atoms with Gasteiger partial charge in [-0.25, -0.2) is 0 Å². The molecule has 0 aromatic heterocycles. The SMILES string of the molecule is Cc1cc(C(C)(C)C)ccc1-c1cccc2c1C=C1[CH]2[Hf]([CH3])([CH3])[CH]2C(=Cc3c(-c4ccc(C(C)(C)C)cc4C)cccc32)C1(Cc1ccccc1)Cc1ccccc1. The van der Waals surface area contributed by atoms with Crippen LogP contribution in [0.2, 0.25) is 9.36 Å². The number of benzene rings is 6. The van der Waals surface area contributed by atoms with Crippen LogP contribution in [0.5, 0.6) is 0 Å². The zero-order valence-electron chi connectivity index (χ0n) is 36.4. The molecule has 0 spiro atoms. The van der Waals surface area contributed by atoms with Gasteiger partial charge in [0, 0.05) is 0 Å². The molecule has 58 heavy (non-hydrogen) atoms. The standard InChI is InChI=1S/C55H54.2CH3.Hf/c1-37-29-43(53(3,4)5)25-27-47(37)49-23-15-21-41-31-45(33-51(41)49)55(35-39-17-11-9-12-18-39,36-40-19-13-10-14-20-40)46-32-42-22-16-24-50(52(42)34-46)48-28-26-44(30-38(48)2)54(6,7)8;;;/h9-34H,35-36H2,1-8H3;2*1H3;. The van der Waals surface area contributed by atoms with E-state index in [1.54, 1.807) is 22.3 Å². The van der Waals surface area contributed by atoms with Crippen LogP contribution in [0.3, 0.4) is 0 Å². The van der Waals surface area contributed by atoms with Gasteiger partial charge in [0.15, 0.2) is 0 Å². The number of rotatable bonds is 6. The maximum absolute atomic E-state index is 3.40. The Morgan fingerprint density at radius 2 is 0.862 bits per heavy atom. The first-order valence-electron chi connectivity index (χ1n) is 21.6. The van der Waals surface area contributed by atoms with Gasteiger partial charge in [-0.05, 0) is 0 Å². The molecule has 1 heterocycles. The van der Waals surface area contributed by atoms with E-state index in [1.165, 1.54) is 66.8 Å². The molecule has 0 amide bonds. The first-order chi connectivity index (χ1) is 27.6. The molecule has 1 heteroatoms. The maximum atomic E-state index is 2.80. The number of allylic oxidation sites excluding steroid dienone is 2.